The van der Waals surface area contributed by atoms with Gasteiger partial charge in [-0.25, -0.2) is 0 Å². The monoisotopic (exact) mass is 231 g/mol. The van der Waals surface area contributed by atoms with E-state index in [-0.39, 0.29) is 5.78 Å². The van der Waals surface area contributed by atoms with E-state index in [1.54, 1.807) is 26.0 Å². The first-order valence-electron chi connectivity index (χ1n) is 5.43. The number of Topliss-reactive ketones (excluding diaryl/α,β-unsaturated/α-hetero) is 1. The quantitative estimate of drug-likeness (QED) is 0.649. The summed E-state index contributed by atoms with van der Waals surface area (Å²) in [6.45, 7) is 3.55. The zero-order valence-electron chi connectivity index (χ0n) is 9.74. The number of carbonyl (C=O) groups excluding carboxylic acids is 2. The van der Waals surface area contributed by atoms with Crippen LogP contribution < -0.4 is 0 Å². The molecule has 0 fully saturated rings. The fraction of sp³-hybridized carbons (Fsp3) is 0.231. The molecular weight excluding hydrogens is 218 g/mol. The number of hydrogen-bond acceptors (Lipinski definition) is 3. The first-order chi connectivity index (χ1) is 8.19. The van der Waals surface area contributed by atoms with E-state index in [1.165, 1.54) is 6.26 Å². The predicted octanol–water partition coefficient (Wildman–Crippen LogP) is 2.99. The van der Waals surface area contributed by atoms with Crippen LogP contribution in [-0.2, 0) is 0 Å². The highest BCUT2D eigenvalue weighted by Crippen LogP contribution is 2.27. The van der Waals surface area contributed by atoms with Crippen molar-refractivity contribution in [1.82, 2.24) is 4.98 Å². The zero-order valence-corrected chi connectivity index (χ0v) is 9.74. The smallest absolute Gasteiger partial charge is 0.179 e. The number of ketones is 1. The van der Waals surface area contributed by atoms with Crippen molar-refractivity contribution in [2.24, 2.45) is 0 Å². The van der Waals surface area contributed by atoms with E-state index < -0.39 is 0 Å². The van der Waals surface area contributed by atoms with E-state index in [0.29, 0.717) is 34.7 Å². The molecule has 4 nitrogen and oxygen atoms in total. The average molecular weight is 231 g/mol. The van der Waals surface area contributed by atoms with Crippen molar-refractivity contribution in [2.45, 2.75) is 20.3 Å². The first kappa shape index (κ1) is 11.4. The second-order valence-electron chi connectivity index (χ2n) is 3.79. The van der Waals surface area contributed by atoms with Gasteiger partial charge in [-0.15, -0.1) is 0 Å². The van der Waals surface area contributed by atoms with E-state index in [1.807, 2.05) is 0 Å². The maximum Gasteiger partial charge on any atom is 0.179 e. The molecule has 0 saturated heterocycles. The number of nitrogens with one attached hydrogen (secondary N) is 1. The van der Waals surface area contributed by atoms with Gasteiger partial charge in [-0.05, 0) is 24.6 Å². The van der Waals surface area contributed by atoms with Gasteiger partial charge in [0.2, 0.25) is 0 Å². The Hall–Kier alpha value is -2.10. The number of aldehydes is 1. The summed E-state index contributed by atoms with van der Waals surface area (Å²) in [5.74, 6) is 0.550. The molecule has 0 amide bonds. The molecular formula is C13H13NO3. The lowest BCUT2D eigenvalue weighted by molar-refractivity contribution is 0.0983. The van der Waals surface area contributed by atoms with Crippen molar-refractivity contribution in [2.75, 3.05) is 0 Å². The van der Waals surface area contributed by atoms with E-state index >= 15 is 0 Å². The molecule has 2 aromatic heterocycles. The Kier molecular flexibility index (Phi) is 2.95. The largest absolute Gasteiger partial charge is 0.463 e. The molecule has 2 aromatic rings. The fourth-order valence-corrected chi connectivity index (χ4v) is 1.83. The van der Waals surface area contributed by atoms with Crippen molar-refractivity contribution < 1.29 is 14.0 Å². The highest BCUT2D eigenvalue weighted by atomic mass is 16.3. The molecule has 0 aliphatic carbocycles. The highest BCUT2D eigenvalue weighted by Gasteiger charge is 2.19. The summed E-state index contributed by atoms with van der Waals surface area (Å²) < 4.78 is 5.24. The van der Waals surface area contributed by atoms with Gasteiger partial charge in [-0.1, -0.05) is 6.92 Å². The standard InChI is InChI=1S/C13H13NO3/c1-3-10(16)12-8(2)9(7-15)13(14-12)11-5-4-6-17-11/h4-7,14H,3H2,1-2H3. The molecule has 2 rings (SSSR count). The van der Waals surface area contributed by atoms with Crippen LogP contribution in [0.4, 0.5) is 0 Å². The summed E-state index contributed by atoms with van der Waals surface area (Å²) in [4.78, 5) is 25.8. The number of rotatable bonds is 4. The second-order valence-corrected chi connectivity index (χ2v) is 3.79. The average Bonchev–Trinajstić information content (AvgIpc) is 2.95. The Bertz CT molecular complexity index is 549. The van der Waals surface area contributed by atoms with E-state index in [0.717, 1.165) is 6.29 Å². The second kappa shape index (κ2) is 4.41. The van der Waals surface area contributed by atoms with Crippen LogP contribution >= 0.6 is 0 Å². The third-order valence-corrected chi connectivity index (χ3v) is 2.78. The van der Waals surface area contributed by atoms with E-state index in [9.17, 15) is 9.59 Å². The SMILES string of the molecule is CCC(=O)c1[nH]c(-c2ccco2)c(C=O)c1C. The minimum atomic E-state index is -0.0107. The van der Waals surface area contributed by atoms with Crippen LogP contribution in [0.5, 0.6) is 0 Å². The van der Waals surface area contributed by atoms with Gasteiger partial charge in [0.25, 0.3) is 0 Å². The summed E-state index contributed by atoms with van der Waals surface area (Å²) in [5.41, 5.74) is 2.22. The molecule has 0 unspecified atom stereocenters. The summed E-state index contributed by atoms with van der Waals surface area (Å²) in [5, 5.41) is 0. The number of aromatic nitrogens is 1. The maximum absolute atomic E-state index is 11.7. The topological polar surface area (TPSA) is 63.1 Å². The summed E-state index contributed by atoms with van der Waals surface area (Å²) in [7, 11) is 0. The van der Waals surface area contributed by atoms with Gasteiger partial charge < -0.3 is 9.40 Å². The molecule has 0 saturated carbocycles. The zero-order chi connectivity index (χ0) is 12.4. The van der Waals surface area contributed by atoms with Gasteiger partial charge in [0, 0.05) is 12.0 Å². The Morgan fingerprint density at radius 1 is 1.53 bits per heavy atom. The van der Waals surface area contributed by atoms with Crippen LogP contribution in [0.1, 0.15) is 39.8 Å². The van der Waals surface area contributed by atoms with Gasteiger partial charge in [0.05, 0.1) is 17.7 Å². The van der Waals surface area contributed by atoms with Crippen molar-refractivity contribution in [1.29, 1.82) is 0 Å². The summed E-state index contributed by atoms with van der Waals surface area (Å²) >= 11 is 0. The van der Waals surface area contributed by atoms with Crippen molar-refractivity contribution >= 4 is 12.1 Å². The number of furan rings is 1. The molecule has 0 radical (unpaired) electrons. The van der Waals surface area contributed by atoms with Gasteiger partial charge in [-0.3, -0.25) is 9.59 Å². The van der Waals surface area contributed by atoms with Crippen LogP contribution in [0, 0.1) is 6.92 Å². The Labute approximate surface area is 98.6 Å². The summed E-state index contributed by atoms with van der Waals surface area (Å²) in [6, 6.07) is 3.49. The molecule has 0 aliphatic heterocycles. The van der Waals surface area contributed by atoms with Crippen LogP contribution in [0.2, 0.25) is 0 Å². The van der Waals surface area contributed by atoms with Crippen LogP contribution in [0.3, 0.4) is 0 Å². The van der Waals surface area contributed by atoms with E-state index in [2.05, 4.69) is 4.98 Å². The Morgan fingerprint density at radius 2 is 2.29 bits per heavy atom. The Balaban J connectivity index is 2.61. The molecule has 0 aliphatic rings. The molecule has 4 heteroatoms. The third kappa shape index (κ3) is 1.82. The molecule has 0 atom stereocenters. The molecule has 0 bridgehead atoms. The number of carbonyl (C=O) groups is 2. The van der Waals surface area contributed by atoms with Gasteiger partial charge in [-0.2, -0.15) is 0 Å². The lowest BCUT2D eigenvalue weighted by Gasteiger charge is -1.94. The molecule has 17 heavy (non-hydrogen) atoms. The lowest BCUT2D eigenvalue weighted by atomic mass is 10.1. The van der Waals surface area contributed by atoms with Crippen molar-refractivity contribution in [3.8, 4) is 11.5 Å². The molecule has 2 heterocycles. The predicted molar refractivity (Wildman–Crippen MR) is 63.2 cm³/mol. The molecule has 1 N–H and O–H groups in total. The van der Waals surface area contributed by atoms with Crippen LogP contribution in [-0.4, -0.2) is 17.1 Å². The van der Waals surface area contributed by atoms with Crippen LogP contribution in [0.15, 0.2) is 22.8 Å². The lowest BCUT2D eigenvalue weighted by Crippen LogP contribution is -1.99. The fourth-order valence-electron chi connectivity index (χ4n) is 1.83. The van der Waals surface area contributed by atoms with Crippen molar-refractivity contribution in [3.05, 3.63) is 35.2 Å². The number of H-pyrrole nitrogens is 1. The van der Waals surface area contributed by atoms with Gasteiger partial charge in [0.1, 0.15) is 0 Å². The van der Waals surface area contributed by atoms with E-state index in [4.69, 9.17) is 4.42 Å². The minimum Gasteiger partial charge on any atom is -0.463 e. The molecule has 0 spiro atoms. The van der Waals surface area contributed by atoms with Crippen LogP contribution in [0.25, 0.3) is 11.5 Å². The normalized spacial score (nSPS) is 10.5. The molecule has 0 aromatic carbocycles. The Morgan fingerprint density at radius 3 is 2.82 bits per heavy atom. The third-order valence-electron chi connectivity index (χ3n) is 2.78. The van der Waals surface area contributed by atoms with Gasteiger partial charge in [0.15, 0.2) is 17.8 Å². The summed E-state index contributed by atoms with van der Waals surface area (Å²) in [6.07, 6.45) is 2.68. The maximum atomic E-state index is 11.7. The minimum absolute atomic E-state index is 0.0107. The van der Waals surface area contributed by atoms with Gasteiger partial charge >= 0.3 is 0 Å². The van der Waals surface area contributed by atoms with Crippen molar-refractivity contribution in [3.63, 3.8) is 0 Å². The molecule has 88 valence electrons. The first-order valence-corrected chi connectivity index (χ1v) is 5.43. The number of aromatic amines is 1. The highest BCUT2D eigenvalue weighted by molar-refractivity contribution is 6.00. The number of hydrogen-bond donors (Lipinski definition) is 1.